The molecule has 1 aliphatic rings. The van der Waals surface area contributed by atoms with E-state index in [2.05, 4.69) is 22.5 Å². The number of hydrogen-bond donors (Lipinski definition) is 0. The van der Waals surface area contributed by atoms with E-state index in [4.69, 9.17) is 0 Å². The van der Waals surface area contributed by atoms with E-state index in [-0.39, 0.29) is 5.56 Å². The van der Waals surface area contributed by atoms with Gasteiger partial charge in [0.2, 0.25) is 0 Å². The van der Waals surface area contributed by atoms with Gasteiger partial charge >= 0.3 is 0 Å². The Morgan fingerprint density at radius 3 is 3.05 bits per heavy atom. The van der Waals surface area contributed by atoms with Crippen molar-refractivity contribution in [3.8, 4) is 11.4 Å². The lowest BCUT2D eigenvalue weighted by Crippen LogP contribution is -2.11. The molecule has 94 valence electrons. The minimum atomic E-state index is -0.103. The average Bonchev–Trinajstić information content (AvgIpc) is 3.00. The molecule has 0 fully saturated rings. The Morgan fingerprint density at radius 1 is 1.37 bits per heavy atom. The molecule has 1 aliphatic heterocycles. The highest BCUT2D eigenvalue weighted by atomic mass is 32.1. The molecule has 0 N–H and O–H groups in total. The lowest BCUT2D eigenvalue weighted by molar-refractivity contribution is 0.860. The smallest absolute Gasteiger partial charge is 0.281 e. The van der Waals surface area contributed by atoms with Crippen molar-refractivity contribution in [2.24, 2.45) is 0 Å². The molecule has 4 rings (SSSR count). The summed E-state index contributed by atoms with van der Waals surface area (Å²) in [5, 5.41) is 0.762. The summed E-state index contributed by atoms with van der Waals surface area (Å²) >= 11 is 1.71. The molecule has 3 aromatic rings. The van der Waals surface area contributed by atoms with Crippen molar-refractivity contribution in [3.63, 3.8) is 0 Å². The van der Waals surface area contributed by atoms with Gasteiger partial charge in [-0.1, -0.05) is 31.2 Å². The van der Waals surface area contributed by atoms with E-state index in [1.807, 2.05) is 24.3 Å². The zero-order valence-electron chi connectivity index (χ0n) is 10.5. The molecule has 3 nitrogen and oxygen atoms in total. The van der Waals surface area contributed by atoms with Gasteiger partial charge in [-0.3, -0.25) is 4.79 Å². The first-order valence-corrected chi connectivity index (χ1v) is 7.21. The van der Waals surface area contributed by atoms with Crippen molar-refractivity contribution in [3.05, 3.63) is 51.1 Å². The molecule has 3 heterocycles. The minimum Gasteiger partial charge on any atom is -0.312 e. The Bertz CT molecular complexity index is 860. The van der Waals surface area contributed by atoms with E-state index in [1.54, 1.807) is 11.3 Å². The van der Waals surface area contributed by atoms with Gasteiger partial charge in [0.05, 0.1) is 11.9 Å². The molecule has 0 radical (unpaired) electrons. The van der Waals surface area contributed by atoms with Crippen LogP contribution < -0.4 is 5.56 Å². The number of nitrogens with zero attached hydrogens (tertiary/aromatic N) is 2. The zero-order valence-corrected chi connectivity index (χ0v) is 11.3. The number of fused-ring (bicyclic) bond motifs is 5. The van der Waals surface area contributed by atoms with Crippen LogP contribution in [0.4, 0.5) is 0 Å². The third-order valence-corrected chi connectivity index (χ3v) is 4.94. The molecule has 0 atom stereocenters. The van der Waals surface area contributed by atoms with Crippen LogP contribution in [-0.2, 0) is 13.0 Å². The third-order valence-electron chi connectivity index (χ3n) is 3.64. The molecule has 1 aromatic carbocycles. The summed E-state index contributed by atoms with van der Waals surface area (Å²) < 4.78 is 2.17. The topological polar surface area (TPSA) is 34.9 Å². The summed E-state index contributed by atoms with van der Waals surface area (Å²) in [5.74, 6) is 0.817. The summed E-state index contributed by atoms with van der Waals surface area (Å²) in [6.45, 7) is 2.93. The van der Waals surface area contributed by atoms with E-state index < -0.39 is 0 Å². The van der Waals surface area contributed by atoms with Gasteiger partial charge in [-0.2, -0.15) is 4.98 Å². The molecule has 0 unspecified atom stereocenters. The van der Waals surface area contributed by atoms with Gasteiger partial charge in [-0.15, -0.1) is 11.3 Å². The fourth-order valence-electron chi connectivity index (χ4n) is 2.67. The molecular formula is C15H12N2OS. The van der Waals surface area contributed by atoms with Crippen LogP contribution >= 0.6 is 11.3 Å². The molecule has 0 bridgehead atoms. The van der Waals surface area contributed by atoms with Gasteiger partial charge in [0, 0.05) is 10.4 Å². The quantitative estimate of drug-likeness (QED) is 0.532. The second-order valence-corrected chi connectivity index (χ2v) is 5.88. The predicted molar refractivity (Wildman–Crippen MR) is 77.8 cm³/mol. The van der Waals surface area contributed by atoms with Gasteiger partial charge in [0.25, 0.3) is 5.56 Å². The van der Waals surface area contributed by atoms with Gasteiger partial charge in [-0.25, -0.2) is 0 Å². The zero-order chi connectivity index (χ0) is 13.0. The molecular weight excluding hydrogens is 256 g/mol. The molecule has 2 aromatic heterocycles. The highest BCUT2D eigenvalue weighted by Crippen LogP contribution is 2.34. The first-order chi connectivity index (χ1) is 9.28. The normalized spacial score (nSPS) is 12.7. The van der Waals surface area contributed by atoms with Crippen LogP contribution in [0.3, 0.4) is 0 Å². The summed E-state index contributed by atoms with van der Waals surface area (Å²) in [6, 6.07) is 10.2. The van der Waals surface area contributed by atoms with Gasteiger partial charge in [0.15, 0.2) is 0 Å². The summed E-state index contributed by atoms with van der Waals surface area (Å²) in [7, 11) is 0. The lowest BCUT2D eigenvalue weighted by atomic mass is 10.1. The van der Waals surface area contributed by atoms with Crippen molar-refractivity contribution in [1.29, 1.82) is 0 Å². The second kappa shape index (κ2) is 3.78. The number of benzene rings is 1. The Morgan fingerprint density at radius 2 is 2.21 bits per heavy atom. The van der Waals surface area contributed by atoms with Crippen LogP contribution in [0.15, 0.2) is 35.1 Å². The van der Waals surface area contributed by atoms with Crippen molar-refractivity contribution >= 4 is 21.6 Å². The minimum absolute atomic E-state index is 0.103. The number of rotatable bonds is 1. The molecule has 0 spiro atoms. The average molecular weight is 268 g/mol. The third kappa shape index (κ3) is 1.43. The van der Waals surface area contributed by atoms with Gasteiger partial charge in [0.1, 0.15) is 10.7 Å². The van der Waals surface area contributed by atoms with Crippen molar-refractivity contribution in [2.75, 3.05) is 0 Å². The summed E-state index contributed by atoms with van der Waals surface area (Å²) in [6.07, 6.45) is 0.959. The molecule has 0 aliphatic carbocycles. The van der Waals surface area contributed by atoms with Gasteiger partial charge in [-0.05, 0) is 18.1 Å². The fourth-order valence-corrected chi connectivity index (χ4v) is 3.76. The van der Waals surface area contributed by atoms with Gasteiger partial charge < -0.3 is 4.57 Å². The Labute approximate surface area is 114 Å². The van der Waals surface area contributed by atoms with E-state index >= 15 is 0 Å². The lowest BCUT2D eigenvalue weighted by Gasteiger charge is -2.03. The van der Waals surface area contributed by atoms with E-state index in [0.717, 1.165) is 34.6 Å². The maximum Gasteiger partial charge on any atom is 0.281 e. The van der Waals surface area contributed by atoms with Crippen LogP contribution in [0.2, 0.25) is 0 Å². The van der Waals surface area contributed by atoms with E-state index in [1.165, 1.54) is 10.4 Å². The monoisotopic (exact) mass is 268 g/mol. The molecule has 0 amide bonds. The Kier molecular flexibility index (Phi) is 2.17. The van der Waals surface area contributed by atoms with Crippen LogP contribution in [-0.4, -0.2) is 9.55 Å². The highest BCUT2D eigenvalue weighted by Gasteiger charge is 2.22. The number of aromatic nitrogens is 2. The summed E-state index contributed by atoms with van der Waals surface area (Å²) in [4.78, 5) is 18.7. The van der Waals surface area contributed by atoms with Crippen molar-refractivity contribution in [1.82, 2.24) is 9.55 Å². The fraction of sp³-hybridized carbons (Fsp3) is 0.200. The molecule has 4 heteroatoms. The number of hydrogen-bond acceptors (Lipinski definition) is 3. The van der Waals surface area contributed by atoms with E-state index in [0.29, 0.717) is 0 Å². The van der Waals surface area contributed by atoms with Crippen LogP contribution in [0.25, 0.3) is 21.6 Å². The highest BCUT2D eigenvalue weighted by molar-refractivity contribution is 7.18. The van der Waals surface area contributed by atoms with Crippen LogP contribution in [0.1, 0.15) is 17.4 Å². The molecule has 0 saturated heterocycles. The Balaban J connectivity index is 2.11. The molecule has 19 heavy (non-hydrogen) atoms. The SMILES string of the molecule is CCc1cc2c(=O)nc3n(c2s1)Cc1ccccc1-3. The van der Waals surface area contributed by atoms with Crippen LogP contribution in [0, 0.1) is 0 Å². The van der Waals surface area contributed by atoms with Crippen molar-refractivity contribution in [2.45, 2.75) is 19.9 Å². The van der Waals surface area contributed by atoms with Crippen molar-refractivity contribution < 1.29 is 0 Å². The van der Waals surface area contributed by atoms with Crippen LogP contribution in [0.5, 0.6) is 0 Å². The maximum atomic E-state index is 12.2. The Hall–Kier alpha value is -1.94. The summed E-state index contributed by atoms with van der Waals surface area (Å²) in [5.41, 5.74) is 2.23. The first-order valence-electron chi connectivity index (χ1n) is 6.39. The first kappa shape index (κ1) is 10.9. The largest absolute Gasteiger partial charge is 0.312 e. The number of thiophene rings is 1. The molecule has 0 saturated carbocycles. The maximum absolute atomic E-state index is 12.2. The second-order valence-electron chi connectivity index (χ2n) is 4.77. The number of aryl methyl sites for hydroxylation is 1. The van der Waals surface area contributed by atoms with E-state index in [9.17, 15) is 4.79 Å². The predicted octanol–water partition coefficient (Wildman–Crippen LogP) is 3.05. The standard InChI is InChI=1S/C15H12N2OS/c1-2-10-7-12-14(18)16-13-11-6-4-3-5-9(11)8-17(13)15(12)19-10/h3-7H,2,8H2,1H3.